The van der Waals surface area contributed by atoms with Gasteiger partial charge in [0.1, 0.15) is 0 Å². The minimum atomic E-state index is -0.565. The molecule has 0 spiro atoms. The molecule has 2 rings (SSSR count). The van der Waals surface area contributed by atoms with Gasteiger partial charge in [0.25, 0.3) is 0 Å². The Hall–Kier alpha value is -1.43. The molecule has 0 aliphatic carbocycles. The van der Waals surface area contributed by atoms with Crippen molar-refractivity contribution in [1.82, 2.24) is 10.2 Å². The molecule has 100 valence electrons. The molecule has 0 saturated carbocycles. The summed E-state index contributed by atoms with van der Waals surface area (Å²) in [6.07, 6.45) is 5.20. The first-order valence-corrected chi connectivity index (χ1v) is 6.40. The Bertz CT molecular complexity index is 385. The van der Waals surface area contributed by atoms with Crippen molar-refractivity contribution in [1.29, 1.82) is 0 Å². The largest absolute Gasteiger partial charge is 0.459 e. The van der Waals surface area contributed by atoms with Crippen LogP contribution in [0.15, 0.2) is 4.42 Å². The Morgan fingerprint density at radius 3 is 3.06 bits per heavy atom. The molecule has 18 heavy (non-hydrogen) atoms. The lowest BCUT2D eigenvalue weighted by molar-refractivity contribution is 0.0105. The molecule has 0 amide bonds. The molecule has 0 aromatic carbocycles. The van der Waals surface area contributed by atoms with E-state index in [1.807, 2.05) is 0 Å². The predicted octanol–water partition coefficient (Wildman–Crippen LogP) is 1.75. The van der Waals surface area contributed by atoms with Crippen molar-refractivity contribution in [3.05, 3.63) is 11.8 Å². The fraction of sp³-hybridized carbons (Fsp3) is 0.750. The summed E-state index contributed by atoms with van der Waals surface area (Å²) in [6.45, 7) is 2.87. The number of hydrogen-bond acceptors (Lipinski definition) is 6. The standard InChI is InChI=1S/C12H18N2O4/c1-2-16-12(15)11-14-13-10(18-11)7-6-9-5-3-4-8-17-9/h9H,2-8H2,1H3. The van der Waals surface area contributed by atoms with E-state index in [-0.39, 0.29) is 12.0 Å². The Balaban J connectivity index is 1.80. The van der Waals surface area contributed by atoms with Gasteiger partial charge in [0.2, 0.25) is 5.89 Å². The molecular formula is C12H18N2O4. The van der Waals surface area contributed by atoms with Crippen LogP contribution < -0.4 is 0 Å². The molecule has 1 atom stereocenters. The molecule has 1 unspecified atom stereocenters. The third-order valence-corrected chi connectivity index (χ3v) is 2.87. The SMILES string of the molecule is CCOC(=O)c1nnc(CCC2CCCCO2)o1. The van der Waals surface area contributed by atoms with Crippen LogP contribution in [0.3, 0.4) is 0 Å². The van der Waals surface area contributed by atoms with Crippen molar-refractivity contribution in [2.75, 3.05) is 13.2 Å². The number of carbonyl (C=O) groups is 1. The number of aromatic nitrogens is 2. The van der Waals surface area contributed by atoms with Gasteiger partial charge in [-0.1, -0.05) is 0 Å². The van der Waals surface area contributed by atoms with Gasteiger partial charge >= 0.3 is 11.9 Å². The third-order valence-electron chi connectivity index (χ3n) is 2.87. The smallest absolute Gasteiger partial charge is 0.396 e. The van der Waals surface area contributed by atoms with Crippen LogP contribution in [0.1, 0.15) is 49.2 Å². The number of ether oxygens (including phenoxy) is 2. The average molecular weight is 254 g/mol. The van der Waals surface area contributed by atoms with Crippen LogP contribution in [0.4, 0.5) is 0 Å². The first kappa shape index (κ1) is 13.0. The first-order valence-electron chi connectivity index (χ1n) is 6.40. The summed E-state index contributed by atoms with van der Waals surface area (Å²) in [5.74, 6) is -0.172. The summed E-state index contributed by atoms with van der Waals surface area (Å²) >= 11 is 0. The number of esters is 1. The van der Waals surface area contributed by atoms with E-state index in [0.29, 0.717) is 18.9 Å². The Morgan fingerprint density at radius 1 is 1.44 bits per heavy atom. The monoisotopic (exact) mass is 254 g/mol. The summed E-state index contributed by atoms with van der Waals surface area (Å²) in [5.41, 5.74) is 0. The maximum absolute atomic E-state index is 11.3. The van der Waals surface area contributed by atoms with Gasteiger partial charge in [0.05, 0.1) is 12.7 Å². The van der Waals surface area contributed by atoms with E-state index in [2.05, 4.69) is 10.2 Å². The predicted molar refractivity (Wildman–Crippen MR) is 62.2 cm³/mol. The second-order valence-corrected chi connectivity index (χ2v) is 4.25. The molecule has 6 nitrogen and oxygen atoms in total. The maximum atomic E-state index is 11.3. The minimum Gasteiger partial charge on any atom is -0.459 e. The van der Waals surface area contributed by atoms with Gasteiger partial charge in [-0.2, -0.15) is 0 Å². The van der Waals surface area contributed by atoms with E-state index in [0.717, 1.165) is 25.9 Å². The molecule has 0 N–H and O–H groups in total. The number of aryl methyl sites for hydroxylation is 1. The summed E-state index contributed by atoms with van der Waals surface area (Å²) in [7, 11) is 0. The minimum absolute atomic E-state index is 0.0728. The normalized spacial score (nSPS) is 19.7. The van der Waals surface area contributed by atoms with E-state index in [9.17, 15) is 4.79 Å². The Labute approximate surface area is 106 Å². The van der Waals surface area contributed by atoms with Crippen molar-refractivity contribution in [2.24, 2.45) is 0 Å². The maximum Gasteiger partial charge on any atom is 0.396 e. The van der Waals surface area contributed by atoms with E-state index >= 15 is 0 Å². The second-order valence-electron chi connectivity index (χ2n) is 4.25. The van der Waals surface area contributed by atoms with Crippen molar-refractivity contribution >= 4 is 5.97 Å². The fourth-order valence-electron chi connectivity index (χ4n) is 1.95. The zero-order chi connectivity index (χ0) is 12.8. The van der Waals surface area contributed by atoms with Gasteiger partial charge in [-0.15, -0.1) is 10.2 Å². The molecule has 6 heteroatoms. The van der Waals surface area contributed by atoms with Crippen LogP contribution in [0.25, 0.3) is 0 Å². The second kappa shape index (κ2) is 6.49. The van der Waals surface area contributed by atoms with Crippen LogP contribution in [-0.4, -0.2) is 35.5 Å². The quantitative estimate of drug-likeness (QED) is 0.745. The van der Waals surface area contributed by atoms with Gasteiger partial charge in [-0.25, -0.2) is 4.79 Å². The molecule has 0 radical (unpaired) electrons. The molecule has 1 saturated heterocycles. The Kier molecular flexibility index (Phi) is 4.69. The van der Waals surface area contributed by atoms with E-state index in [1.165, 1.54) is 6.42 Å². The highest BCUT2D eigenvalue weighted by atomic mass is 16.5. The molecule has 2 heterocycles. The Morgan fingerprint density at radius 2 is 2.33 bits per heavy atom. The number of nitrogens with zero attached hydrogens (tertiary/aromatic N) is 2. The molecule has 1 aromatic heterocycles. The van der Waals surface area contributed by atoms with Gasteiger partial charge in [0.15, 0.2) is 0 Å². The number of rotatable bonds is 5. The van der Waals surface area contributed by atoms with Crippen molar-refractivity contribution in [3.63, 3.8) is 0 Å². The van der Waals surface area contributed by atoms with Crippen LogP contribution in [0, 0.1) is 0 Å². The van der Waals surface area contributed by atoms with E-state index < -0.39 is 5.97 Å². The highest BCUT2D eigenvalue weighted by molar-refractivity contribution is 5.83. The summed E-state index contributed by atoms with van der Waals surface area (Å²) < 4.78 is 15.6. The summed E-state index contributed by atoms with van der Waals surface area (Å²) in [5, 5.41) is 7.50. The van der Waals surface area contributed by atoms with Gasteiger partial charge in [0, 0.05) is 13.0 Å². The lowest BCUT2D eigenvalue weighted by Crippen LogP contribution is -2.19. The topological polar surface area (TPSA) is 74.5 Å². The van der Waals surface area contributed by atoms with Crippen LogP contribution >= 0.6 is 0 Å². The zero-order valence-electron chi connectivity index (χ0n) is 10.6. The van der Waals surface area contributed by atoms with Crippen LogP contribution in [0.2, 0.25) is 0 Å². The van der Waals surface area contributed by atoms with E-state index in [4.69, 9.17) is 13.9 Å². The molecule has 1 aliphatic heterocycles. The van der Waals surface area contributed by atoms with Gasteiger partial charge in [-0.05, 0) is 32.6 Å². The van der Waals surface area contributed by atoms with Crippen molar-refractivity contribution < 1.29 is 18.7 Å². The average Bonchev–Trinajstić information content (AvgIpc) is 2.87. The van der Waals surface area contributed by atoms with Gasteiger partial charge < -0.3 is 13.9 Å². The molecule has 1 fully saturated rings. The first-order chi connectivity index (χ1) is 8.79. The van der Waals surface area contributed by atoms with Crippen LogP contribution in [0.5, 0.6) is 0 Å². The zero-order valence-corrected chi connectivity index (χ0v) is 10.6. The van der Waals surface area contributed by atoms with Crippen molar-refractivity contribution in [3.8, 4) is 0 Å². The molecule has 1 aromatic rings. The lowest BCUT2D eigenvalue weighted by Gasteiger charge is -2.21. The molecule has 1 aliphatic rings. The van der Waals surface area contributed by atoms with Crippen LogP contribution in [-0.2, 0) is 15.9 Å². The molecular weight excluding hydrogens is 236 g/mol. The number of hydrogen-bond donors (Lipinski definition) is 0. The highest BCUT2D eigenvalue weighted by Gasteiger charge is 2.18. The van der Waals surface area contributed by atoms with E-state index in [1.54, 1.807) is 6.92 Å². The number of carbonyl (C=O) groups excluding carboxylic acids is 1. The lowest BCUT2D eigenvalue weighted by atomic mass is 10.0. The summed E-state index contributed by atoms with van der Waals surface area (Å²) in [6, 6.07) is 0. The third kappa shape index (κ3) is 3.53. The fourth-order valence-corrected chi connectivity index (χ4v) is 1.95. The van der Waals surface area contributed by atoms with Gasteiger partial charge in [-0.3, -0.25) is 0 Å². The summed E-state index contributed by atoms with van der Waals surface area (Å²) in [4.78, 5) is 11.3. The molecule has 0 bridgehead atoms. The van der Waals surface area contributed by atoms with Crippen molar-refractivity contribution in [2.45, 2.75) is 45.1 Å². The highest BCUT2D eigenvalue weighted by Crippen LogP contribution is 2.17.